The molecule has 1 aromatic heterocycles. The van der Waals surface area contributed by atoms with Crippen LogP contribution in [0, 0.1) is 0 Å². The van der Waals surface area contributed by atoms with Crippen LogP contribution >= 0.6 is 23.2 Å². The van der Waals surface area contributed by atoms with Gasteiger partial charge in [-0.1, -0.05) is 29.3 Å². The molecule has 0 spiro atoms. The fourth-order valence-corrected chi connectivity index (χ4v) is 3.25. The highest BCUT2D eigenvalue weighted by Crippen LogP contribution is 2.30. The smallest absolute Gasteiger partial charge is 0.257 e. The monoisotopic (exact) mass is 392 g/mol. The van der Waals surface area contributed by atoms with Gasteiger partial charge in [-0.05, 0) is 24.3 Å². The fraction of sp³-hybridized carbons (Fsp3) is 0.278. The van der Waals surface area contributed by atoms with Gasteiger partial charge in [0.2, 0.25) is 5.91 Å². The molecule has 2 aromatic rings. The van der Waals surface area contributed by atoms with Gasteiger partial charge in [-0.3, -0.25) is 9.59 Å². The Hall–Kier alpha value is -2.31. The average Bonchev–Trinajstić information content (AvgIpc) is 2.65. The first-order chi connectivity index (χ1) is 12.5. The fourth-order valence-electron chi connectivity index (χ4n) is 2.76. The molecule has 6 nitrogen and oxygen atoms in total. The molecule has 1 aliphatic heterocycles. The Bertz CT molecular complexity index is 798. The Morgan fingerprint density at radius 1 is 1.04 bits per heavy atom. The van der Waals surface area contributed by atoms with E-state index in [0.717, 1.165) is 5.82 Å². The van der Waals surface area contributed by atoms with Crippen molar-refractivity contribution in [1.29, 1.82) is 0 Å². The number of piperazine rings is 1. The molecule has 2 amide bonds. The van der Waals surface area contributed by atoms with E-state index in [4.69, 9.17) is 23.2 Å². The number of nitrogens with one attached hydrogen (secondary N) is 1. The highest BCUT2D eigenvalue weighted by Gasteiger charge is 2.20. The van der Waals surface area contributed by atoms with Gasteiger partial charge in [0.05, 0.1) is 21.3 Å². The first-order valence-corrected chi connectivity index (χ1v) is 8.93. The third kappa shape index (κ3) is 4.08. The van der Waals surface area contributed by atoms with Crippen LogP contribution in [-0.4, -0.2) is 47.9 Å². The zero-order valence-corrected chi connectivity index (χ0v) is 15.7. The number of rotatable bonds is 3. The van der Waals surface area contributed by atoms with Crippen molar-refractivity contribution >= 4 is 46.5 Å². The van der Waals surface area contributed by atoms with Gasteiger partial charge >= 0.3 is 0 Å². The second-order valence-corrected chi connectivity index (χ2v) is 6.76. The third-order valence-corrected chi connectivity index (χ3v) is 4.89. The van der Waals surface area contributed by atoms with Crippen LogP contribution in [0.1, 0.15) is 17.3 Å². The number of benzene rings is 1. The van der Waals surface area contributed by atoms with Crippen molar-refractivity contribution in [2.75, 3.05) is 36.4 Å². The summed E-state index contributed by atoms with van der Waals surface area (Å²) in [4.78, 5) is 32.1. The van der Waals surface area contributed by atoms with Crippen molar-refractivity contribution in [2.45, 2.75) is 6.92 Å². The molecule has 136 valence electrons. The van der Waals surface area contributed by atoms with E-state index in [1.807, 2.05) is 4.90 Å². The molecule has 0 atom stereocenters. The maximum atomic E-state index is 12.4. The quantitative estimate of drug-likeness (QED) is 0.869. The summed E-state index contributed by atoms with van der Waals surface area (Å²) >= 11 is 12.1. The van der Waals surface area contributed by atoms with Gasteiger partial charge in [-0.15, -0.1) is 0 Å². The van der Waals surface area contributed by atoms with Gasteiger partial charge in [0.1, 0.15) is 5.82 Å². The van der Waals surface area contributed by atoms with Crippen molar-refractivity contribution in [3.05, 3.63) is 52.1 Å². The van der Waals surface area contributed by atoms with E-state index in [0.29, 0.717) is 47.5 Å². The highest BCUT2D eigenvalue weighted by atomic mass is 35.5. The van der Waals surface area contributed by atoms with Crippen molar-refractivity contribution in [2.24, 2.45) is 0 Å². The predicted octanol–water partition coefficient (Wildman–Crippen LogP) is 3.31. The second-order valence-electron chi connectivity index (χ2n) is 5.95. The molecule has 1 saturated heterocycles. The molecule has 26 heavy (non-hydrogen) atoms. The lowest BCUT2D eigenvalue weighted by Crippen LogP contribution is -2.48. The van der Waals surface area contributed by atoms with Crippen LogP contribution in [0.3, 0.4) is 0 Å². The molecule has 1 fully saturated rings. The number of hydrogen-bond acceptors (Lipinski definition) is 4. The Morgan fingerprint density at radius 3 is 2.23 bits per heavy atom. The van der Waals surface area contributed by atoms with Crippen molar-refractivity contribution in [3.8, 4) is 0 Å². The van der Waals surface area contributed by atoms with Crippen molar-refractivity contribution in [3.63, 3.8) is 0 Å². The first kappa shape index (κ1) is 18.5. The Morgan fingerprint density at radius 2 is 1.69 bits per heavy atom. The van der Waals surface area contributed by atoms with E-state index in [9.17, 15) is 9.59 Å². The van der Waals surface area contributed by atoms with Gasteiger partial charge < -0.3 is 15.1 Å². The molecule has 3 rings (SSSR count). The van der Waals surface area contributed by atoms with Crippen LogP contribution in [-0.2, 0) is 4.79 Å². The van der Waals surface area contributed by atoms with E-state index in [1.54, 1.807) is 37.3 Å². The normalized spacial score (nSPS) is 14.3. The Balaban J connectivity index is 1.66. The maximum Gasteiger partial charge on any atom is 0.257 e. The number of aromatic nitrogens is 1. The Kier molecular flexibility index (Phi) is 5.64. The number of hydrogen-bond donors (Lipinski definition) is 1. The van der Waals surface area contributed by atoms with Gasteiger partial charge in [-0.25, -0.2) is 4.98 Å². The van der Waals surface area contributed by atoms with Crippen LogP contribution in [0.4, 0.5) is 11.5 Å². The minimum atomic E-state index is -0.333. The molecule has 1 aromatic carbocycles. The van der Waals surface area contributed by atoms with E-state index in [2.05, 4.69) is 15.2 Å². The molecule has 1 aliphatic rings. The summed E-state index contributed by atoms with van der Waals surface area (Å²) in [5.74, 6) is 0.531. The molecule has 1 N–H and O–H groups in total. The molecule has 0 aliphatic carbocycles. The molecule has 0 radical (unpaired) electrons. The van der Waals surface area contributed by atoms with Crippen LogP contribution in [0.5, 0.6) is 0 Å². The zero-order valence-electron chi connectivity index (χ0n) is 14.2. The van der Waals surface area contributed by atoms with E-state index in [1.165, 1.54) is 6.20 Å². The molecule has 8 heteroatoms. The zero-order chi connectivity index (χ0) is 18.7. The number of para-hydroxylation sites is 1. The number of anilines is 2. The summed E-state index contributed by atoms with van der Waals surface area (Å²) in [6.07, 6.45) is 1.52. The lowest BCUT2D eigenvalue weighted by atomic mass is 10.2. The van der Waals surface area contributed by atoms with Gasteiger partial charge in [0.25, 0.3) is 5.91 Å². The van der Waals surface area contributed by atoms with Crippen LogP contribution in [0.2, 0.25) is 10.0 Å². The van der Waals surface area contributed by atoms with Crippen molar-refractivity contribution in [1.82, 2.24) is 9.88 Å². The topological polar surface area (TPSA) is 65.5 Å². The largest absolute Gasteiger partial charge is 0.353 e. The number of carbonyl (C=O) groups is 2. The SMILES string of the molecule is CC(=O)N1CCN(c2ccc(C(=O)Nc3c(Cl)cccc3Cl)cn2)CC1. The number of pyridine rings is 1. The maximum absolute atomic E-state index is 12.4. The standard InChI is InChI=1S/C18H18Cl2N4O2/c1-12(25)23-7-9-24(10-8-23)16-6-5-13(11-21-16)18(26)22-17-14(19)3-2-4-15(17)20/h2-6,11H,7-10H2,1H3,(H,22,26). The molecule has 0 bridgehead atoms. The second kappa shape index (κ2) is 7.93. The summed E-state index contributed by atoms with van der Waals surface area (Å²) in [6.45, 7) is 4.35. The van der Waals surface area contributed by atoms with Gasteiger partial charge in [-0.2, -0.15) is 0 Å². The summed E-state index contributed by atoms with van der Waals surface area (Å²) in [5, 5.41) is 3.46. The number of nitrogens with zero attached hydrogens (tertiary/aromatic N) is 3. The Labute approximate surface area is 161 Å². The lowest BCUT2D eigenvalue weighted by molar-refractivity contribution is -0.129. The number of carbonyl (C=O) groups excluding carboxylic acids is 2. The third-order valence-electron chi connectivity index (χ3n) is 4.26. The predicted molar refractivity (Wildman–Crippen MR) is 103 cm³/mol. The van der Waals surface area contributed by atoms with Crippen LogP contribution < -0.4 is 10.2 Å². The molecule has 2 heterocycles. The number of amides is 2. The minimum Gasteiger partial charge on any atom is -0.353 e. The summed E-state index contributed by atoms with van der Waals surface area (Å²) in [7, 11) is 0. The van der Waals surface area contributed by atoms with E-state index >= 15 is 0 Å². The van der Waals surface area contributed by atoms with Crippen molar-refractivity contribution < 1.29 is 9.59 Å². The average molecular weight is 393 g/mol. The minimum absolute atomic E-state index is 0.0860. The molecular weight excluding hydrogens is 375 g/mol. The first-order valence-electron chi connectivity index (χ1n) is 8.17. The summed E-state index contributed by atoms with van der Waals surface area (Å²) in [5.41, 5.74) is 0.789. The molecule has 0 saturated carbocycles. The van der Waals surface area contributed by atoms with Gasteiger partial charge in [0.15, 0.2) is 0 Å². The molecule has 0 unspecified atom stereocenters. The van der Waals surface area contributed by atoms with Crippen LogP contribution in [0.15, 0.2) is 36.5 Å². The lowest BCUT2D eigenvalue weighted by Gasteiger charge is -2.34. The highest BCUT2D eigenvalue weighted by molar-refractivity contribution is 6.40. The van der Waals surface area contributed by atoms with Crippen LogP contribution in [0.25, 0.3) is 0 Å². The summed E-state index contributed by atoms with van der Waals surface area (Å²) < 4.78 is 0. The number of halogens is 2. The van der Waals surface area contributed by atoms with E-state index < -0.39 is 0 Å². The summed E-state index contributed by atoms with van der Waals surface area (Å²) in [6, 6.07) is 8.53. The van der Waals surface area contributed by atoms with E-state index in [-0.39, 0.29) is 11.8 Å². The van der Waals surface area contributed by atoms with Gasteiger partial charge in [0, 0.05) is 39.3 Å². The molecular formula is C18H18Cl2N4O2.